The highest BCUT2D eigenvalue weighted by Gasteiger charge is 2.26. The van der Waals surface area contributed by atoms with Gasteiger partial charge in [-0.3, -0.25) is 0 Å². The van der Waals surface area contributed by atoms with E-state index in [-0.39, 0.29) is 11.2 Å². The summed E-state index contributed by atoms with van der Waals surface area (Å²) in [7, 11) is 0. The summed E-state index contributed by atoms with van der Waals surface area (Å²) >= 11 is 0. The molecule has 0 heterocycles. The molecule has 0 radical (unpaired) electrons. The molecular formula is C14H19F2NO. The fourth-order valence-electron chi connectivity index (χ4n) is 1.62. The third-order valence-corrected chi connectivity index (χ3v) is 2.96. The summed E-state index contributed by atoms with van der Waals surface area (Å²) in [5.41, 5.74) is -0.110. The summed E-state index contributed by atoms with van der Waals surface area (Å²) in [5.74, 6) is -1.03. The Bertz CT molecular complexity index is 416. The van der Waals surface area contributed by atoms with E-state index in [9.17, 15) is 8.78 Å². The fourth-order valence-corrected chi connectivity index (χ4v) is 1.62. The number of benzene rings is 1. The van der Waals surface area contributed by atoms with Crippen molar-refractivity contribution < 1.29 is 13.5 Å². The van der Waals surface area contributed by atoms with E-state index in [0.29, 0.717) is 12.6 Å². The van der Waals surface area contributed by atoms with Gasteiger partial charge in [-0.2, -0.15) is 0 Å². The minimum absolute atomic E-state index is 0.0190. The highest BCUT2D eigenvalue weighted by molar-refractivity contribution is 5.24. The maximum atomic E-state index is 13.4. The van der Waals surface area contributed by atoms with Gasteiger partial charge in [0, 0.05) is 24.1 Å². The topological polar surface area (TPSA) is 21.3 Å². The van der Waals surface area contributed by atoms with Crippen molar-refractivity contribution in [3.05, 3.63) is 29.8 Å². The molecule has 0 bridgehead atoms. The SMILES string of the molecule is CC(C)(CNC1CC1)COc1cc(F)ccc1F. The van der Waals surface area contributed by atoms with Gasteiger partial charge in [0.1, 0.15) is 5.82 Å². The largest absolute Gasteiger partial charge is 0.490 e. The number of rotatable bonds is 6. The standard InChI is InChI=1S/C14H19F2NO/c1-14(2,8-17-11-4-5-11)9-18-13-7-10(15)3-6-12(13)16/h3,6-7,11,17H,4-5,8-9H2,1-2H3. The molecule has 1 fully saturated rings. The first kappa shape index (κ1) is 13.3. The van der Waals surface area contributed by atoms with Crippen molar-refractivity contribution in [1.82, 2.24) is 5.32 Å². The average molecular weight is 255 g/mol. The quantitative estimate of drug-likeness (QED) is 0.843. The van der Waals surface area contributed by atoms with Crippen LogP contribution in [0.2, 0.25) is 0 Å². The molecule has 0 aromatic heterocycles. The minimum Gasteiger partial charge on any atom is -0.490 e. The molecule has 1 aromatic rings. The summed E-state index contributed by atoms with van der Waals surface area (Å²) in [6.45, 7) is 5.25. The van der Waals surface area contributed by atoms with Crippen LogP contribution in [0, 0.1) is 17.0 Å². The molecule has 2 rings (SSSR count). The van der Waals surface area contributed by atoms with Crippen LogP contribution in [0.25, 0.3) is 0 Å². The lowest BCUT2D eigenvalue weighted by atomic mass is 9.95. The van der Waals surface area contributed by atoms with Gasteiger partial charge in [-0.05, 0) is 25.0 Å². The van der Waals surface area contributed by atoms with Crippen LogP contribution >= 0.6 is 0 Å². The van der Waals surface area contributed by atoms with Gasteiger partial charge in [0.2, 0.25) is 0 Å². The van der Waals surface area contributed by atoms with Crippen LogP contribution in [0.4, 0.5) is 8.78 Å². The lowest BCUT2D eigenvalue weighted by Gasteiger charge is -2.25. The van der Waals surface area contributed by atoms with Crippen LogP contribution < -0.4 is 10.1 Å². The molecule has 1 aliphatic rings. The zero-order valence-corrected chi connectivity index (χ0v) is 10.8. The van der Waals surface area contributed by atoms with E-state index in [0.717, 1.165) is 24.7 Å². The van der Waals surface area contributed by atoms with Gasteiger partial charge in [-0.15, -0.1) is 0 Å². The van der Waals surface area contributed by atoms with Crippen molar-refractivity contribution in [2.24, 2.45) is 5.41 Å². The number of hydrogen-bond acceptors (Lipinski definition) is 2. The van der Waals surface area contributed by atoms with E-state index in [1.54, 1.807) is 0 Å². The molecular weight excluding hydrogens is 236 g/mol. The van der Waals surface area contributed by atoms with Gasteiger partial charge in [0.25, 0.3) is 0 Å². The second-order valence-corrected chi connectivity index (χ2v) is 5.68. The Morgan fingerprint density at radius 2 is 2.06 bits per heavy atom. The normalized spacial score (nSPS) is 15.8. The molecule has 0 atom stereocenters. The molecule has 0 spiro atoms. The molecule has 100 valence electrons. The lowest BCUT2D eigenvalue weighted by molar-refractivity contribution is 0.170. The zero-order chi connectivity index (χ0) is 13.2. The summed E-state index contributed by atoms with van der Waals surface area (Å²) in [5, 5.41) is 3.41. The van der Waals surface area contributed by atoms with Gasteiger partial charge >= 0.3 is 0 Å². The summed E-state index contributed by atoms with van der Waals surface area (Å²) in [6.07, 6.45) is 2.46. The molecule has 0 amide bonds. The molecule has 18 heavy (non-hydrogen) atoms. The molecule has 1 aromatic carbocycles. The maximum Gasteiger partial charge on any atom is 0.165 e. The average Bonchev–Trinajstić information content (AvgIpc) is 3.12. The van der Waals surface area contributed by atoms with Crippen LogP contribution in [0.3, 0.4) is 0 Å². The van der Waals surface area contributed by atoms with Crippen LogP contribution in [0.1, 0.15) is 26.7 Å². The van der Waals surface area contributed by atoms with Gasteiger partial charge < -0.3 is 10.1 Å². The molecule has 0 unspecified atom stereocenters. The molecule has 0 saturated heterocycles. The van der Waals surface area contributed by atoms with E-state index in [2.05, 4.69) is 5.32 Å². The van der Waals surface area contributed by atoms with Crippen LogP contribution in [-0.4, -0.2) is 19.2 Å². The fraction of sp³-hybridized carbons (Fsp3) is 0.571. The van der Waals surface area contributed by atoms with Gasteiger partial charge in [-0.1, -0.05) is 13.8 Å². The van der Waals surface area contributed by atoms with Crippen LogP contribution in [0.5, 0.6) is 5.75 Å². The first-order valence-electron chi connectivity index (χ1n) is 6.27. The van der Waals surface area contributed by atoms with E-state index >= 15 is 0 Å². The van der Waals surface area contributed by atoms with Crippen molar-refractivity contribution in [3.8, 4) is 5.75 Å². The molecule has 1 aliphatic carbocycles. The summed E-state index contributed by atoms with van der Waals surface area (Å²) in [4.78, 5) is 0. The molecule has 2 nitrogen and oxygen atoms in total. The maximum absolute atomic E-state index is 13.4. The molecule has 0 aliphatic heterocycles. The highest BCUT2D eigenvalue weighted by atomic mass is 19.1. The van der Waals surface area contributed by atoms with Crippen molar-refractivity contribution in [2.75, 3.05) is 13.2 Å². The molecule has 1 N–H and O–H groups in total. The number of halogens is 2. The third kappa shape index (κ3) is 3.95. The number of hydrogen-bond donors (Lipinski definition) is 1. The lowest BCUT2D eigenvalue weighted by Crippen LogP contribution is -2.35. The Kier molecular flexibility index (Phi) is 3.85. The predicted octanol–water partition coefficient (Wildman–Crippen LogP) is 3.12. The Labute approximate surface area is 106 Å². The predicted molar refractivity (Wildman–Crippen MR) is 66.7 cm³/mol. The van der Waals surface area contributed by atoms with Crippen molar-refractivity contribution in [3.63, 3.8) is 0 Å². The second-order valence-electron chi connectivity index (χ2n) is 5.68. The monoisotopic (exact) mass is 255 g/mol. The second kappa shape index (κ2) is 5.22. The van der Waals surface area contributed by atoms with Crippen molar-refractivity contribution in [2.45, 2.75) is 32.7 Å². The smallest absolute Gasteiger partial charge is 0.165 e. The Hall–Kier alpha value is -1.16. The van der Waals surface area contributed by atoms with Gasteiger partial charge in [0.15, 0.2) is 11.6 Å². The number of nitrogens with one attached hydrogen (secondary N) is 1. The van der Waals surface area contributed by atoms with Gasteiger partial charge in [-0.25, -0.2) is 8.78 Å². The minimum atomic E-state index is -0.526. The Morgan fingerprint density at radius 3 is 2.72 bits per heavy atom. The van der Waals surface area contributed by atoms with Gasteiger partial charge in [0.05, 0.1) is 6.61 Å². The Balaban J connectivity index is 1.86. The van der Waals surface area contributed by atoms with E-state index in [1.807, 2.05) is 13.8 Å². The Morgan fingerprint density at radius 1 is 1.33 bits per heavy atom. The number of ether oxygens (including phenoxy) is 1. The highest BCUT2D eigenvalue weighted by Crippen LogP contribution is 2.24. The first-order chi connectivity index (χ1) is 8.46. The summed E-state index contributed by atoms with van der Waals surface area (Å²) in [6, 6.07) is 3.89. The zero-order valence-electron chi connectivity index (χ0n) is 10.8. The van der Waals surface area contributed by atoms with Crippen molar-refractivity contribution >= 4 is 0 Å². The first-order valence-corrected chi connectivity index (χ1v) is 6.27. The summed E-state index contributed by atoms with van der Waals surface area (Å²) < 4.78 is 31.7. The van der Waals surface area contributed by atoms with E-state index in [1.165, 1.54) is 12.8 Å². The van der Waals surface area contributed by atoms with Crippen LogP contribution in [0.15, 0.2) is 18.2 Å². The van der Waals surface area contributed by atoms with Crippen LogP contribution in [-0.2, 0) is 0 Å². The van der Waals surface area contributed by atoms with Crippen molar-refractivity contribution in [1.29, 1.82) is 0 Å². The van der Waals surface area contributed by atoms with E-state index < -0.39 is 11.6 Å². The van der Waals surface area contributed by atoms with E-state index in [4.69, 9.17) is 4.74 Å². The third-order valence-electron chi connectivity index (χ3n) is 2.96. The molecule has 4 heteroatoms. The molecule has 1 saturated carbocycles.